The summed E-state index contributed by atoms with van der Waals surface area (Å²) in [7, 11) is 0. The number of nitrogens with zero attached hydrogens (tertiary/aromatic N) is 2. The number of aromatic nitrogens is 1. The number of anilines is 2. The Morgan fingerprint density at radius 1 is 1.55 bits per heavy atom. The molecule has 0 saturated heterocycles. The first kappa shape index (κ1) is 8.33. The van der Waals surface area contributed by atoms with Gasteiger partial charge in [-0.15, -0.1) is 0 Å². The Bertz CT molecular complexity index is 217. The second-order valence-corrected chi connectivity index (χ2v) is 3.05. The minimum Gasteiger partial charge on any atom is -0.383 e. The largest absolute Gasteiger partial charge is 0.383 e. The summed E-state index contributed by atoms with van der Waals surface area (Å²) in [5, 5.41) is 1.16. The Kier molecular flexibility index (Phi) is 2.70. The summed E-state index contributed by atoms with van der Waals surface area (Å²) in [6.45, 7) is 6.27. The molecule has 0 fully saturated rings. The molecule has 11 heavy (non-hydrogen) atoms. The van der Waals surface area contributed by atoms with Gasteiger partial charge in [0.1, 0.15) is 10.8 Å². The van der Waals surface area contributed by atoms with Crippen LogP contribution in [0.4, 0.5) is 10.8 Å². The van der Waals surface area contributed by atoms with Crippen LogP contribution in [0.25, 0.3) is 0 Å². The lowest BCUT2D eigenvalue weighted by Crippen LogP contribution is -2.20. The van der Waals surface area contributed by atoms with Crippen LogP contribution < -0.4 is 10.6 Å². The van der Waals surface area contributed by atoms with E-state index in [1.165, 1.54) is 11.5 Å². The van der Waals surface area contributed by atoms with E-state index in [-0.39, 0.29) is 0 Å². The van der Waals surface area contributed by atoms with Crippen LogP contribution in [0.3, 0.4) is 0 Å². The quantitative estimate of drug-likeness (QED) is 0.750. The van der Waals surface area contributed by atoms with Crippen molar-refractivity contribution in [2.75, 3.05) is 23.7 Å². The van der Waals surface area contributed by atoms with Crippen LogP contribution in [0.2, 0.25) is 0 Å². The Labute approximate surface area is 71.0 Å². The van der Waals surface area contributed by atoms with Gasteiger partial charge in [-0.05, 0) is 25.4 Å². The Morgan fingerprint density at radius 2 is 2.18 bits per heavy atom. The van der Waals surface area contributed by atoms with Crippen LogP contribution in [0, 0.1) is 0 Å². The van der Waals surface area contributed by atoms with E-state index in [1.54, 1.807) is 0 Å². The van der Waals surface area contributed by atoms with Crippen molar-refractivity contribution in [2.24, 2.45) is 0 Å². The lowest BCUT2D eigenvalue weighted by atomic mass is 10.5. The summed E-state index contributed by atoms with van der Waals surface area (Å²) in [4.78, 5) is 2.23. The summed E-state index contributed by atoms with van der Waals surface area (Å²) in [5.74, 6) is 0.622. The van der Waals surface area contributed by atoms with Gasteiger partial charge in [0.2, 0.25) is 0 Å². The van der Waals surface area contributed by atoms with Crippen molar-refractivity contribution >= 4 is 22.4 Å². The van der Waals surface area contributed by atoms with Gasteiger partial charge in [0.25, 0.3) is 0 Å². The smallest absolute Gasteiger partial charge is 0.139 e. The molecule has 0 aliphatic heterocycles. The fraction of sp³-hybridized carbons (Fsp3) is 0.571. The average Bonchev–Trinajstić information content (AvgIpc) is 2.39. The first-order chi connectivity index (χ1) is 5.27. The molecule has 62 valence electrons. The lowest BCUT2D eigenvalue weighted by Gasteiger charge is -2.16. The molecule has 1 aromatic heterocycles. The summed E-state index contributed by atoms with van der Waals surface area (Å²) in [5.41, 5.74) is 5.50. The topological polar surface area (TPSA) is 42.1 Å². The fourth-order valence-corrected chi connectivity index (χ4v) is 1.76. The number of hydrogen-bond acceptors (Lipinski definition) is 4. The molecule has 0 spiro atoms. The Hall–Kier alpha value is -0.770. The molecule has 0 bridgehead atoms. The van der Waals surface area contributed by atoms with Gasteiger partial charge in [0.15, 0.2) is 0 Å². The molecule has 1 rings (SSSR count). The number of rotatable bonds is 3. The van der Waals surface area contributed by atoms with Gasteiger partial charge in [-0.2, -0.15) is 4.37 Å². The molecule has 0 aromatic carbocycles. The highest BCUT2D eigenvalue weighted by molar-refractivity contribution is 7.10. The van der Waals surface area contributed by atoms with Gasteiger partial charge in [-0.1, -0.05) is 0 Å². The third kappa shape index (κ3) is 1.83. The summed E-state index contributed by atoms with van der Waals surface area (Å²) in [6.07, 6.45) is 0. The van der Waals surface area contributed by atoms with E-state index in [9.17, 15) is 0 Å². The lowest BCUT2D eigenvalue weighted by molar-refractivity contribution is 0.876. The van der Waals surface area contributed by atoms with Crippen molar-refractivity contribution in [3.8, 4) is 0 Å². The van der Waals surface area contributed by atoms with E-state index in [0.717, 1.165) is 18.1 Å². The van der Waals surface area contributed by atoms with Crippen molar-refractivity contribution in [3.63, 3.8) is 0 Å². The van der Waals surface area contributed by atoms with Crippen molar-refractivity contribution < 1.29 is 0 Å². The van der Waals surface area contributed by atoms with Crippen LogP contribution in [0.1, 0.15) is 13.8 Å². The summed E-state index contributed by atoms with van der Waals surface area (Å²) < 4.78 is 4.01. The first-order valence-corrected chi connectivity index (χ1v) is 4.52. The second kappa shape index (κ2) is 3.57. The normalized spacial score (nSPS) is 10.0. The molecular weight excluding hydrogens is 158 g/mol. The third-order valence-electron chi connectivity index (χ3n) is 1.59. The summed E-state index contributed by atoms with van der Waals surface area (Å²) in [6, 6.07) is 1.91. The van der Waals surface area contributed by atoms with Crippen molar-refractivity contribution in [3.05, 3.63) is 6.07 Å². The van der Waals surface area contributed by atoms with E-state index in [1.807, 2.05) is 6.07 Å². The van der Waals surface area contributed by atoms with Crippen LogP contribution in [-0.4, -0.2) is 17.5 Å². The Balaban J connectivity index is 2.73. The van der Waals surface area contributed by atoms with Gasteiger partial charge >= 0.3 is 0 Å². The second-order valence-electron chi connectivity index (χ2n) is 2.26. The van der Waals surface area contributed by atoms with Crippen molar-refractivity contribution in [2.45, 2.75) is 13.8 Å². The molecule has 0 saturated carbocycles. The van der Waals surface area contributed by atoms with E-state index in [2.05, 4.69) is 23.1 Å². The molecule has 1 heterocycles. The molecule has 4 heteroatoms. The fourth-order valence-electron chi connectivity index (χ4n) is 0.963. The van der Waals surface area contributed by atoms with Crippen LogP contribution in [0.15, 0.2) is 6.07 Å². The molecule has 0 aliphatic rings. The highest BCUT2D eigenvalue weighted by Gasteiger charge is 2.04. The van der Waals surface area contributed by atoms with Gasteiger partial charge in [-0.3, -0.25) is 0 Å². The first-order valence-electron chi connectivity index (χ1n) is 3.75. The zero-order valence-corrected chi connectivity index (χ0v) is 7.69. The molecule has 2 N–H and O–H groups in total. The SMILES string of the molecule is CCN(CC)c1cc(N)ns1. The molecule has 0 atom stereocenters. The number of hydrogen-bond donors (Lipinski definition) is 1. The van der Waals surface area contributed by atoms with Crippen LogP contribution in [0.5, 0.6) is 0 Å². The van der Waals surface area contributed by atoms with Gasteiger partial charge in [0.05, 0.1) is 0 Å². The predicted molar refractivity (Wildman–Crippen MR) is 50.1 cm³/mol. The molecule has 0 radical (unpaired) electrons. The maximum Gasteiger partial charge on any atom is 0.139 e. The molecule has 0 aliphatic carbocycles. The van der Waals surface area contributed by atoms with Gasteiger partial charge in [-0.25, -0.2) is 0 Å². The van der Waals surface area contributed by atoms with E-state index >= 15 is 0 Å². The van der Waals surface area contributed by atoms with Gasteiger partial charge in [0, 0.05) is 19.2 Å². The van der Waals surface area contributed by atoms with Crippen LogP contribution in [-0.2, 0) is 0 Å². The molecular formula is C7H13N3S. The standard InChI is InChI=1S/C7H13N3S/c1-3-10(4-2)7-5-6(8)9-11-7/h5H,3-4H2,1-2H3,(H2,8,9). The van der Waals surface area contributed by atoms with E-state index in [0.29, 0.717) is 5.82 Å². The monoisotopic (exact) mass is 171 g/mol. The molecule has 3 nitrogen and oxygen atoms in total. The minimum atomic E-state index is 0.622. The molecule has 0 unspecified atom stereocenters. The predicted octanol–water partition coefficient (Wildman–Crippen LogP) is 1.57. The average molecular weight is 171 g/mol. The van der Waals surface area contributed by atoms with Crippen molar-refractivity contribution in [1.82, 2.24) is 4.37 Å². The highest BCUT2D eigenvalue weighted by atomic mass is 32.1. The maximum absolute atomic E-state index is 5.50. The Morgan fingerprint density at radius 3 is 2.55 bits per heavy atom. The van der Waals surface area contributed by atoms with Gasteiger partial charge < -0.3 is 10.6 Å². The zero-order chi connectivity index (χ0) is 8.27. The molecule has 1 aromatic rings. The van der Waals surface area contributed by atoms with E-state index < -0.39 is 0 Å². The van der Waals surface area contributed by atoms with E-state index in [4.69, 9.17) is 5.73 Å². The number of nitrogen functional groups attached to an aromatic ring is 1. The van der Waals surface area contributed by atoms with Crippen LogP contribution >= 0.6 is 11.5 Å². The zero-order valence-electron chi connectivity index (χ0n) is 6.87. The number of nitrogens with two attached hydrogens (primary N) is 1. The third-order valence-corrected chi connectivity index (χ3v) is 2.46. The van der Waals surface area contributed by atoms with Crippen molar-refractivity contribution in [1.29, 1.82) is 0 Å². The highest BCUT2D eigenvalue weighted by Crippen LogP contribution is 2.21. The molecule has 0 amide bonds. The minimum absolute atomic E-state index is 0.622. The summed E-state index contributed by atoms with van der Waals surface area (Å²) >= 11 is 1.46. The maximum atomic E-state index is 5.50.